The minimum atomic E-state index is -0.748. The van der Waals surface area contributed by atoms with Crippen molar-refractivity contribution < 1.29 is 9.59 Å². The number of hydrogen-bond donors (Lipinski definition) is 2. The lowest BCUT2D eigenvalue weighted by Gasteiger charge is -2.18. The number of urea groups is 1. The predicted octanol–water partition coefficient (Wildman–Crippen LogP) is 0.443. The number of rotatable bonds is 4. The number of imide groups is 1. The fourth-order valence-electron chi connectivity index (χ4n) is 1.31. The summed E-state index contributed by atoms with van der Waals surface area (Å²) in [4.78, 5) is 23.6. The zero-order valence-electron chi connectivity index (χ0n) is 8.93. The third kappa shape index (κ3) is 3.36. The molecule has 1 aromatic rings. The van der Waals surface area contributed by atoms with Gasteiger partial charge >= 0.3 is 6.03 Å². The van der Waals surface area contributed by atoms with Crippen molar-refractivity contribution in [2.24, 2.45) is 11.5 Å². The Balaban J connectivity index is 2.73. The Bertz CT molecular complexity index is 365. The summed E-state index contributed by atoms with van der Waals surface area (Å²) < 4.78 is 0. The molecule has 0 aliphatic heterocycles. The molecule has 0 radical (unpaired) electrons. The van der Waals surface area contributed by atoms with E-state index in [2.05, 4.69) is 0 Å². The molecule has 16 heavy (non-hydrogen) atoms. The van der Waals surface area contributed by atoms with Gasteiger partial charge in [-0.15, -0.1) is 0 Å². The molecule has 4 N–H and O–H groups in total. The lowest BCUT2D eigenvalue weighted by molar-refractivity contribution is -0.128. The molecule has 86 valence electrons. The highest BCUT2D eigenvalue weighted by Gasteiger charge is 2.17. The smallest absolute Gasteiger partial charge is 0.321 e. The average molecular weight is 221 g/mol. The van der Waals surface area contributed by atoms with Gasteiger partial charge in [-0.2, -0.15) is 0 Å². The normalized spacial score (nSPS) is 9.81. The van der Waals surface area contributed by atoms with Gasteiger partial charge in [-0.1, -0.05) is 30.3 Å². The summed E-state index contributed by atoms with van der Waals surface area (Å²) in [6, 6.07) is 8.43. The molecular formula is C11H15N3O2. The average Bonchev–Trinajstić information content (AvgIpc) is 2.27. The van der Waals surface area contributed by atoms with E-state index >= 15 is 0 Å². The molecular weight excluding hydrogens is 206 g/mol. The first-order chi connectivity index (χ1) is 7.65. The van der Waals surface area contributed by atoms with Gasteiger partial charge < -0.3 is 11.5 Å². The van der Waals surface area contributed by atoms with Gasteiger partial charge in [0.05, 0.1) is 6.54 Å². The number of primary amides is 1. The molecule has 0 heterocycles. The van der Waals surface area contributed by atoms with Crippen molar-refractivity contribution in [3.05, 3.63) is 35.9 Å². The Hall–Kier alpha value is -1.88. The third-order valence-electron chi connectivity index (χ3n) is 2.11. The van der Waals surface area contributed by atoms with E-state index in [1.54, 1.807) is 0 Å². The van der Waals surface area contributed by atoms with Crippen LogP contribution in [-0.2, 0) is 11.3 Å². The van der Waals surface area contributed by atoms with Crippen molar-refractivity contribution >= 4 is 11.9 Å². The highest BCUT2D eigenvalue weighted by Crippen LogP contribution is 2.05. The lowest BCUT2D eigenvalue weighted by Crippen LogP contribution is -2.40. The van der Waals surface area contributed by atoms with Gasteiger partial charge in [0, 0.05) is 13.0 Å². The third-order valence-corrected chi connectivity index (χ3v) is 2.11. The molecule has 0 saturated heterocycles. The number of benzene rings is 1. The van der Waals surface area contributed by atoms with Gasteiger partial charge in [0.15, 0.2) is 0 Å². The summed E-state index contributed by atoms with van der Waals surface area (Å²) in [6.45, 7) is 0.395. The molecule has 0 unspecified atom stereocenters. The highest BCUT2D eigenvalue weighted by molar-refractivity contribution is 5.93. The number of nitrogens with zero attached hydrogens (tertiary/aromatic N) is 1. The van der Waals surface area contributed by atoms with Crippen LogP contribution >= 0.6 is 0 Å². The minimum Gasteiger partial charge on any atom is -0.351 e. The Labute approximate surface area is 94.0 Å². The molecule has 5 heteroatoms. The molecule has 0 aliphatic rings. The number of carbonyl (C=O) groups is 2. The van der Waals surface area contributed by atoms with Crippen molar-refractivity contribution in [2.75, 3.05) is 6.54 Å². The van der Waals surface area contributed by atoms with Crippen LogP contribution in [0.25, 0.3) is 0 Å². The molecule has 1 rings (SSSR count). The largest absolute Gasteiger partial charge is 0.351 e. The zero-order valence-corrected chi connectivity index (χ0v) is 8.93. The summed E-state index contributed by atoms with van der Waals surface area (Å²) in [5, 5.41) is 0. The van der Waals surface area contributed by atoms with Gasteiger partial charge in [-0.25, -0.2) is 4.79 Å². The van der Waals surface area contributed by atoms with E-state index in [4.69, 9.17) is 11.5 Å². The first-order valence-corrected chi connectivity index (χ1v) is 4.99. The monoisotopic (exact) mass is 221 g/mol. The van der Waals surface area contributed by atoms with Gasteiger partial charge in [0.2, 0.25) is 5.91 Å². The second-order valence-corrected chi connectivity index (χ2v) is 3.34. The van der Waals surface area contributed by atoms with Crippen LogP contribution in [0.15, 0.2) is 30.3 Å². The van der Waals surface area contributed by atoms with E-state index in [1.807, 2.05) is 30.3 Å². The molecule has 0 saturated carbocycles. The van der Waals surface area contributed by atoms with Crippen LogP contribution in [0.1, 0.15) is 12.0 Å². The Morgan fingerprint density at radius 2 is 1.81 bits per heavy atom. The van der Waals surface area contributed by atoms with Crippen LogP contribution < -0.4 is 11.5 Å². The van der Waals surface area contributed by atoms with Crippen LogP contribution in [0, 0.1) is 0 Å². The quantitative estimate of drug-likeness (QED) is 0.773. The maximum absolute atomic E-state index is 11.5. The summed E-state index contributed by atoms with van der Waals surface area (Å²) in [5.74, 6) is -0.348. The SMILES string of the molecule is NCCC(=O)N(Cc1ccccc1)C(N)=O. The second kappa shape index (κ2) is 5.87. The van der Waals surface area contributed by atoms with E-state index in [1.165, 1.54) is 0 Å². The van der Waals surface area contributed by atoms with Crippen LogP contribution in [-0.4, -0.2) is 23.4 Å². The standard InChI is InChI=1S/C11H15N3O2/c12-7-6-10(15)14(11(13)16)8-9-4-2-1-3-5-9/h1-5H,6-8,12H2,(H2,13,16). The number of hydrogen-bond acceptors (Lipinski definition) is 3. The van der Waals surface area contributed by atoms with Crippen LogP contribution in [0.2, 0.25) is 0 Å². The van der Waals surface area contributed by atoms with Crippen molar-refractivity contribution in [1.82, 2.24) is 4.90 Å². The topological polar surface area (TPSA) is 89.4 Å². The Morgan fingerprint density at radius 3 is 2.31 bits per heavy atom. The maximum atomic E-state index is 11.5. The van der Waals surface area contributed by atoms with Crippen molar-refractivity contribution in [3.63, 3.8) is 0 Å². The summed E-state index contributed by atoms with van der Waals surface area (Å²) in [6.07, 6.45) is 0.121. The second-order valence-electron chi connectivity index (χ2n) is 3.34. The lowest BCUT2D eigenvalue weighted by atomic mass is 10.2. The molecule has 0 aromatic heterocycles. The first-order valence-electron chi connectivity index (χ1n) is 4.99. The van der Waals surface area contributed by atoms with E-state index in [9.17, 15) is 9.59 Å². The summed E-state index contributed by atoms with van der Waals surface area (Å²) in [5.41, 5.74) is 11.3. The molecule has 0 fully saturated rings. The molecule has 0 aliphatic carbocycles. The first kappa shape index (κ1) is 12.2. The van der Waals surface area contributed by atoms with Gasteiger partial charge in [-0.3, -0.25) is 9.69 Å². The summed E-state index contributed by atoms with van der Waals surface area (Å²) >= 11 is 0. The molecule has 0 atom stereocenters. The molecule has 0 spiro atoms. The number of nitrogens with two attached hydrogens (primary N) is 2. The highest BCUT2D eigenvalue weighted by atomic mass is 16.2. The number of carbonyl (C=O) groups excluding carboxylic acids is 2. The van der Waals surface area contributed by atoms with Crippen LogP contribution in [0.3, 0.4) is 0 Å². The summed E-state index contributed by atoms with van der Waals surface area (Å²) in [7, 11) is 0. The van der Waals surface area contributed by atoms with Crippen molar-refractivity contribution in [3.8, 4) is 0 Å². The zero-order chi connectivity index (χ0) is 12.0. The van der Waals surface area contributed by atoms with E-state index in [-0.39, 0.29) is 25.4 Å². The maximum Gasteiger partial charge on any atom is 0.321 e. The van der Waals surface area contributed by atoms with Crippen LogP contribution in [0.4, 0.5) is 4.79 Å². The fraction of sp³-hybridized carbons (Fsp3) is 0.273. The molecule has 1 aromatic carbocycles. The Morgan fingerprint density at radius 1 is 1.19 bits per heavy atom. The van der Waals surface area contributed by atoms with Crippen molar-refractivity contribution in [2.45, 2.75) is 13.0 Å². The molecule has 0 bridgehead atoms. The van der Waals surface area contributed by atoms with Gasteiger partial charge in [0.1, 0.15) is 0 Å². The van der Waals surface area contributed by atoms with E-state index in [0.717, 1.165) is 10.5 Å². The molecule has 3 amide bonds. The van der Waals surface area contributed by atoms with E-state index < -0.39 is 6.03 Å². The fourth-order valence-corrected chi connectivity index (χ4v) is 1.31. The minimum absolute atomic E-state index is 0.121. The number of amides is 3. The van der Waals surface area contributed by atoms with Crippen molar-refractivity contribution in [1.29, 1.82) is 0 Å². The van der Waals surface area contributed by atoms with Gasteiger partial charge in [0.25, 0.3) is 0 Å². The van der Waals surface area contributed by atoms with E-state index in [0.29, 0.717) is 0 Å². The predicted molar refractivity (Wildman–Crippen MR) is 60.2 cm³/mol. The molecule has 5 nitrogen and oxygen atoms in total. The van der Waals surface area contributed by atoms with Crippen LogP contribution in [0.5, 0.6) is 0 Å². The van der Waals surface area contributed by atoms with Gasteiger partial charge in [-0.05, 0) is 5.56 Å². The Kier molecular flexibility index (Phi) is 4.47.